The van der Waals surface area contributed by atoms with Gasteiger partial charge >= 0.3 is 10.3 Å². The van der Waals surface area contributed by atoms with Gasteiger partial charge in [0.1, 0.15) is 12.1 Å². The third-order valence-corrected chi connectivity index (χ3v) is 8.62. The van der Waals surface area contributed by atoms with Crippen LogP contribution in [0, 0.1) is 5.92 Å². The van der Waals surface area contributed by atoms with Crippen LogP contribution in [0.2, 0.25) is 0 Å². The third-order valence-electron chi connectivity index (χ3n) is 7.18. The average molecular weight is 573 g/mol. The number of aliphatic hydroxyl groups is 1. The highest BCUT2D eigenvalue weighted by Crippen LogP contribution is 2.30. The van der Waals surface area contributed by atoms with Gasteiger partial charge in [-0.1, -0.05) is 18.2 Å². The number of hydrogen-bond donors (Lipinski definition) is 3. The number of benzene rings is 1. The van der Waals surface area contributed by atoms with Crippen molar-refractivity contribution in [3.05, 3.63) is 70.3 Å². The molecule has 1 saturated carbocycles. The number of piperazine rings is 1. The van der Waals surface area contributed by atoms with Gasteiger partial charge in [0.2, 0.25) is 5.78 Å². The normalized spacial score (nSPS) is 22.2. The molecule has 39 heavy (non-hydrogen) atoms. The van der Waals surface area contributed by atoms with E-state index in [1.165, 1.54) is 29.5 Å². The van der Waals surface area contributed by atoms with Crippen molar-refractivity contribution in [3.8, 4) is 0 Å². The molecule has 4 N–H and O–H groups in total. The molecular weight excluding hydrogens is 540 g/mol. The summed E-state index contributed by atoms with van der Waals surface area (Å²) in [5, 5.41) is 20.5. The fourth-order valence-electron chi connectivity index (χ4n) is 5.16. The van der Waals surface area contributed by atoms with Crippen LogP contribution in [0.1, 0.15) is 33.6 Å². The van der Waals surface area contributed by atoms with Gasteiger partial charge in [-0.3, -0.25) is 13.9 Å². The lowest BCUT2D eigenvalue weighted by atomic mass is 10.1. The minimum absolute atomic E-state index is 0.170. The maximum absolute atomic E-state index is 13.4. The average Bonchev–Trinajstić information content (AvgIpc) is 3.54. The number of thiophene rings is 1. The molecule has 2 aromatic heterocycles. The van der Waals surface area contributed by atoms with E-state index in [4.69, 9.17) is 5.14 Å². The van der Waals surface area contributed by atoms with E-state index in [-0.39, 0.29) is 18.4 Å². The van der Waals surface area contributed by atoms with Gasteiger partial charge in [0.05, 0.1) is 23.2 Å². The number of anilines is 2. The number of aliphatic hydroxyl groups excluding tert-OH is 1. The van der Waals surface area contributed by atoms with Crippen LogP contribution < -0.4 is 15.4 Å². The summed E-state index contributed by atoms with van der Waals surface area (Å²) in [7, 11) is -4.08. The standard InChI is InChI=1S/C26H32N6O5S2/c27-39(35,36)37-15-19-11-20(12-23(19)33)30-26-22(13-28-17-29-26)25(34)24-10-18(16-38-24)14-31-6-8-32(9-7-31)21-4-2-1-3-5-21/h1-5,10,13,16-17,19-20,23,33H,6-9,11-12,14-15H2,(H2,27,35,36)(H,28,29,30)/t19-,20-,23+/m1/s1. The van der Waals surface area contributed by atoms with Crippen molar-refractivity contribution < 1.29 is 22.5 Å². The summed E-state index contributed by atoms with van der Waals surface area (Å²) in [5.41, 5.74) is 2.69. The summed E-state index contributed by atoms with van der Waals surface area (Å²) in [6.45, 7) is 4.40. The molecule has 1 saturated heterocycles. The number of nitrogens with zero attached hydrogens (tertiary/aromatic N) is 4. The number of ketones is 1. The maximum Gasteiger partial charge on any atom is 0.333 e. The van der Waals surface area contributed by atoms with Gasteiger partial charge in [-0.25, -0.2) is 15.1 Å². The molecule has 0 bridgehead atoms. The Morgan fingerprint density at radius 3 is 2.69 bits per heavy atom. The van der Waals surface area contributed by atoms with Gasteiger partial charge < -0.3 is 15.3 Å². The summed E-state index contributed by atoms with van der Waals surface area (Å²) in [6, 6.07) is 12.1. The van der Waals surface area contributed by atoms with Crippen LogP contribution in [0.15, 0.2) is 54.3 Å². The van der Waals surface area contributed by atoms with Crippen LogP contribution >= 0.6 is 11.3 Å². The molecular formula is C26H32N6O5S2. The van der Waals surface area contributed by atoms with Crippen LogP contribution in [-0.4, -0.2) is 79.1 Å². The van der Waals surface area contributed by atoms with Gasteiger partial charge in [0, 0.05) is 56.6 Å². The van der Waals surface area contributed by atoms with Crippen molar-refractivity contribution in [1.82, 2.24) is 14.9 Å². The minimum Gasteiger partial charge on any atom is -0.393 e. The summed E-state index contributed by atoms with van der Waals surface area (Å²) < 4.78 is 26.9. The number of carbonyl (C=O) groups is 1. The highest BCUT2D eigenvalue weighted by atomic mass is 32.2. The van der Waals surface area contributed by atoms with Gasteiger partial charge in [-0.15, -0.1) is 11.3 Å². The topological polar surface area (TPSA) is 151 Å². The Bertz CT molecular complexity index is 1380. The Kier molecular flexibility index (Phi) is 8.54. The molecule has 1 aliphatic heterocycles. The van der Waals surface area contributed by atoms with Crippen molar-refractivity contribution in [3.63, 3.8) is 0 Å². The van der Waals surface area contributed by atoms with Crippen molar-refractivity contribution >= 4 is 38.9 Å². The van der Waals surface area contributed by atoms with Gasteiger partial charge in [-0.2, -0.15) is 8.42 Å². The lowest BCUT2D eigenvalue weighted by molar-refractivity contribution is 0.101. The molecule has 208 valence electrons. The number of rotatable bonds is 10. The molecule has 13 heteroatoms. The fourth-order valence-corrected chi connectivity index (χ4v) is 6.38. The molecule has 0 amide bonds. The van der Waals surface area contributed by atoms with Crippen LogP contribution in [-0.2, 0) is 21.0 Å². The number of nitrogens with two attached hydrogens (primary N) is 1. The third kappa shape index (κ3) is 7.18. The van der Waals surface area contributed by atoms with E-state index < -0.39 is 22.3 Å². The quantitative estimate of drug-likeness (QED) is 0.307. The van der Waals surface area contributed by atoms with E-state index in [0.29, 0.717) is 29.1 Å². The van der Waals surface area contributed by atoms with Gasteiger partial charge in [0.25, 0.3) is 0 Å². The Labute approximate surface area is 231 Å². The monoisotopic (exact) mass is 572 g/mol. The number of hydrogen-bond acceptors (Lipinski definition) is 11. The molecule has 3 aromatic rings. The zero-order chi connectivity index (χ0) is 27.4. The predicted octanol–water partition coefficient (Wildman–Crippen LogP) is 1.86. The van der Waals surface area contributed by atoms with Crippen molar-refractivity contribution in [2.45, 2.75) is 31.5 Å². The number of carbonyl (C=O) groups excluding carboxylic acids is 1. The number of aromatic nitrogens is 2. The Morgan fingerprint density at radius 1 is 1.18 bits per heavy atom. The van der Waals surface area contributed by atoms with Crippen molar-refractivity contribution in [2.75, 3.05) is 43.0 Å². The minimum atomic E-state index is -4.08. The fraction of sp³-hybridized carbons (Fsp3) is 0.423. The molecule has 0 spiro atoms. The van der Waals surface area contributed by atoms with Crippen molar-refractivity contribution in [1.29, 1.82) is 0 Å². The largest absolute Gasteiger partial charge is 0.393 e. The smallest absolute Gasteiger partial charge is 0.333 e. The molecule has 11 nitrogen and oxygen atoms in total. The van der Waals surface area contributed by atoms with E-state index in [2.05, 4.69) is 53.5 Å². The Balaban J connectivity index is 1.18. The highest BCUT2D eigenvalue weighted by Gasteiger charge is 2.35. The second-order valence-corrected chi connectivity index (χ2v) is 12.1. The first-order valence-corrected chi connectivity index (χ1v) is 15.2. The van der Waals surface area contributed by atoms with Crippen LogP contribution in [0.4, 0.5) is 11.5 Å². The van der Waals surface area contributed by atoms with Crippen molar-refractivity contribution in [2.24, 2.45) is 11.1 Å². The van der Waals surface area contributed by atoms with Crippen LogP contribution in [0.5, 0.6) is 0 Å². The van der Waals surface area contributed by atoms with Gasteiger partial charge in [0.15, 0.2) is 0 Å². The number of nitrogens with one attached hydrogen (secondary N) is 1. The Hall–Kier alpha value is -2.94. The molecule has 5 rings (SSSR count). The first-order valence-electron chi connectivity index (χ1n) is 12.8. The highest BCUT2D eigenvalue weighted by molar-refractivity contribution is 7.84. The summed E-state index contributed by atoms with van der Waals surface area (Å²) in [5.74, 6) is -0.195. The molecule has 3 atom stereocenters. The second-order valence-electron chi connectivity index (χ2n) is 9.95. The molecule has 0 unspecified atom stereocenters. The molecule has 1 aromatic carbocycles. The summed E-state index contributed by atoms with van der Waals surface area (Å²) in [6.07, 6.45) is 2.89. The predicted molar refractivity (Wildman–Crippen MR) is 149 cm³/mol. The van der Waals surface area contributed by atoms with E-state index in [1.54, 1.807) is 0 Å². The molecule has 0 radical (unpaired) electrons. The number of para-hydroxylation sites is 1. The summed E-state index contributed by atoms with van der Waals surface area (Å²) >= 11 is 1.40. The SMILES string of the molecule is NS(=O)(=O)OC[C@H]1C[C@@H](Nc2ncncc2C(=O)c2cc(CN3CCN(c4ccccc4)CC3)cs2)C[C@@H]1O. The zero-order valence-electron chi connectivity index (χ0n) is 21.3. The molecule has 2 aliphatic rings. The Morgan fingerprint density at radius 2 is 1.95 bits per heavy atom. The van der Waals surface area contributed by atoms with Crippen LogP contribution in [0.3, 0.4) is 0 Å². The lowest BCUT2D eigenvalue weighted by Gasteiger charge is -2.36. The molecule has 3 heterocycles. The van der Waals surface area contributed by atoms with E-state index >= 15 is 0 Å². The first kappa shape index (κ1) is 27.6. The first-order chi connectivity index (χ1) is 18.7. The van der Waals surface area contributed by atoms with E-state index in [0.717, 1.165) is 38.3 Å². The molecule has 1 aliphatic carbocycles. The van der Waals surface area contributed by atoms with Gasteiger partial charge in [-0.05, 0) is 42.0 Å². The second kappa shape index (κ2) is 12.1. The molecule has 2 fully saturated rings. The van der Waals surface area contributed by atoms with E-state index in [9.17, 15) is 18.3 Å². The summed E-state index contributed by atoms with van der Waals surface area (Å²) in [4.78, 5) is 27.1. The zero-order valence-corrected chi connectivity index (χ0v) is 23.0. The maximum atomic E-state index is 13.4. The lowest BCUT2D eigenvalue weighted by Crippen LogP contribution is -2.45. The van der Waals surface area contributed by atoms with Crippen LogP contribution in [0.25, 0.3) is 0 Å². The van der Waals surface area contributed by atoms with E-state index in [1.807, 2.05) is 17.5 Å².